The maximum atomic E-state index is 11.4. The minimum atomic E-state index is -0.309. The lowest BCUT2D eigenvalue weighted by Crippen LogP contribution is -2.41. The summed E-state index contributed by atoms with van der Waals surface area (Å²) in [6.45, 7) is 4.54. The first-order valence-corrected chi connectivity index (χ1v) is 6.00. The van der Waals surface area contributed by atoms with Gasteiger partial charge >= 0.3 is 5.97 Å². The lowest BCUT2D eigenvalue weighted by Gasteiger charge is -2.26. The monoisotopic (exact) mass is 213 g/mol. The number of nitrogens with two attached hydrogens (primary N) is 1. The Balaban J connectivity index is 2.46. The van der Waals surface area contributed by atoms with Gasteiger partial charge in [-0.1, -0.05) is 19.8 Å². The molecule has 3 nitrogen and oxygen atoms in total. The summed E-state index contributed by atoms with van der Waals surface area (Å²) < 4.78 is 4.96. The summed E-state index contributed by atoms with van der Waals surface area (Å²) in [6, 6.07) is 0. The van der Waals surface area contributed by atoms with Gasteiger partial charge in [0.2, 0.25) is 0 Å². The van der Waals surface area contributed by atoms with Gasteiger partial charge in [-0.15, -0.1) is 0 Å². The Bertz CT molecular complexity index is 218. The Morgan fingerprint density at radius 3 is 2.87 bits per heavy atom. The van der Waals surface area contributed by atoms with E-state index in [1.54, 1.807) is 0 Å². The highest BCUT2D eigenvalue weighted by molar-refractivity contribution is 5.70. The van der Waals surface area contributed by atoms with Crippen molar-refractivity contribution in [1.29, 1.82) is 0 Å². The van der Waals surface area contributed by atoms with E-state index in [1.165, 1.54) is 6.42 Å². The van der Waals surface area contributed by atoms with Gasteiger partial charge in [0.15, 0.2) is 0 Å². The van der Waals surface area contributed by atoms with Gasteiger partial charge in [0.1, 0.15) is 0 Å². The molecule has 0 heterocycles. The van der Waals surface area contributed by atoms with E-state index in [1.807, 2.05) is 6.92 Å². The van der Waals surface area contributed by atoms with E-state index in [0.29, 0.717) is 13.0 Å². The van der Waals surface area contributed by atoms with Crippen molar-refractivity contribution in [2.75, 3.05) is 6.61 Å². The van der Waals surface area contributed by atoms with Gasteiger partial charge in [0.25, 0.3) is 0 Å². The van der Waals surface area contributed by atoms with Crippen LogP contribution in [0.3, 0.4) is 0 Å². The Kier molecular flexibility index (Phi) is 4.58. The molecule has 0 radical (unpaired) electrons. The van der Waals surface area contributed by atoms with Crippen molar-refractivity contribution < 1.29 is 9.53 Å². The molecule has 1 fully saturated rings. The van der Waals surface area contributed by atoms with Gasteiger partial charge in [-0.25, -0.2) is 0 Å². The van der Waals surface area contributed by atoms with E-state index in [-0.39, 0.29) is 11.5 Å². The molecular formula is C12H23NO2. The molecule has 0 saturated heterocycles. The second kappa shape index (κ2) is 5.50. The van der Waals surface area contributed by atoms with Crippen LogP contribution >= 0.6 is 0 Å². The summed E-state index contributed by atoms with van der Waals surface area (Å²) in [4.78, 5) is 11.4. The molecule has 0 aliphatic heterocycles. The third-order valence-corrected chi connectivity index (χ3v) is 3.31. The number of rotatable bonds is 3. The summed E-state index contributed by atoms with van der Waals surface area (Å²) in [5.74, 6) is 0.604. The first-order chi connectivity index (χ1) is 7.06. The van der Waals surface area contributed by atoms with Crippen molar-refractivity contribution in [3.63, 3.8) is 0 Å². The number of carbonyl (C=O) groups excluding carboxylic acids is 1. The van der Waals surface area contributed by atoms with Crippen LogP contribution in [0.4, 0.5) is 0 Å². The predicted octanol–water partition coefficient (Wildman–Crippen LogP) is 2.24. The van der Waals surface area contributed by atoms with Gasteiger partial charge in [-0.2, -0.15) is 0 Å². The lowest BCUT2D eigenvalue weighted by atomic mass is 9.87. The second-order valence-corrected chi connectivity index (χ2v) is 4.88. The Morgan fingerprint density at radius 1 is 1.47 bits per heavy atom. The van der Waals surface area contributed by atoms with Crippen LogP contribution in [0.5, 0.6) is 0 Å². The number of ether oxygens (including phenoxy) is 1. The number of esters is 1. The zero-order valence-corrected chi connectivity index (χ0v) is 9.92. The SMILES string of the molecule is CCOC(=O)CC1(N)CCCC(C)CC1. The number of hydrogen-bond donors (Lipinski definition) is 1. The fourth-order valence-electron chi connectivity index (χ4n) is 2.28. The molecule has 1 saturated carbocycles. The maximum Gasteiger partial charge on any atom is 0.307 e. The minimum absolute atomic E-state index is 0.144. The van der Waals surface area contributed by atoms with Gasteiger partial charge in [0.05, 0.1) is 13.0 Å². The average Bonchev–Trinajstić information content (AvgIpc) is 2.29. The minimum Gasteiger partial charge on any atom is -0.466 e. The van der Waals surface area contributed by atoms with Gasteiger partial charge in [0, 0.05) is 5.54 Å². The Labute approximate surface area is 92.4 Å². The zero-order valence-electron chi connectivity index (χ0n) is 9.92. The molecule has 2 unspecified atom stereocenters. The molecule has 0 aromatic heterocycles. The highest BCUT2D eigenvalue weighted by Gasteiger charge is 2.31. The average molecular weight is 213 g/mol. The van der Waals surface area contributed by atoms with E-state index in [0.717, 1.165) is 31.6 Å². The van der Waals surface area contributed by atoms with Crippen molar-refractivity contribution in [2.24, 2.45) is 11.7 Å². The summed E-state index contributed by atoms with van der Waals surface area (Å²) in [5, 5.41) is 0. The van der Waals surface area contributed by atoms with Gasteiger partial charge < -0.3 is 10.5 Å². The van der Waals surface area contributed by atoms with E-state index in [9.17, 15) is 4.79 Å². The van der Waals surface area contributed by atoms with E-state index in [4.69, 9.17) is 10.5 Å². The first-order valence-electron chi connectivity index (χ1n) is 6.00. The van der Waals surface area contributed by atoms with Crippen molar-refractivity contribution in [2.45, 2.75) is 57.9 Å². The van der Waals surface area contributed by atoms with Crippen LogP contribution in [0.2, 0.25) is 0 Å². The van der Waals surface area contributed by atoms with Crippen molar-refractivity contribution in [3.05, 3.63) is 0 Å². The third-order valence-electron chi connectivity index (χ3n) is 3.31. The molecule has 0 amide bonds. The quantitative estimate of drug-likeness (QED) is 0.578. The Hall–Kier alpha value is -0.570. The molecule has 0 aromatic carbocycles. The topological polar surface area (TPSA) is 52.3 Å². The maximum absolute atomic E-state index is 11.4. The van der Waals surface area contributed by atoms with Crippen LogP contribution in [-0.2, 0) is 9.53 Å². The third kappa shape index (κ3) is 4.20. The largest absolute Gasteiger partial charge is 0.466 e. The van der Waals surface area contributed by atoms with Crippen molar-refractivity contribution in [1.82, 2.24) is 0 Å². The molecule has 1 aliphatic carbocycles. The van der Waals surface area contributed by atoms with E-state index >= 15 is 0 Å². The van der Waals surface area contributed by atoms with Gasteiger partial charge in [-0.3, -0.25) is 4.79 Å². The zero-order chi connectivity index (χ0) is 11.3. The van der Waals surface area contributed by atoms with Crippen LogP contribution in [0.1, 0.15) is 52.4 Å². The highest BCUT2D eigenvalue weighted by Crippen LogP contribution is 2.30. The molecular weight excluding hydrogens is 190 g/mol. The second-order valence-electron chi connectivity index (χ2n) is 4.88. The molecule has 15 heavy (non-hydrogen) atoms. The summed E-state index contributed by atoms with van der Waals surface area (Å²) >= 11 is 0. The fraction of sp³-hybridized carbons (Fsp3) is 0.917. The molecule has 2 N–H and O–H groups in total. The normalized spacial score (nSPS) is 32.1. The Morgan fingerprint density at radius 2 is 2.20 bits per heavy atom. The van der Waals surface area contributed by atoms with Crippen LogP contribution in [0.25, 0.3) is 0 Å². The van der Waals surface area contributed by atoms with Crippen molar-refractivity contribution in [3.8, 4) is 0 Å². The van der Waals surface area contributed by atoms with E-state index < -0.39 is 0 Å². The van der Waals surface area contributed by atoms with Crippen molar-refractivity contribution >= 4 is 5.97 Å². The molecule has 1 aliphatic rings. The predicted molar refractivity (Wildman–Crippen MR) is 60.4 cm³/mol. The molecule has 0 bridgehead atoms. The van der Waals surface area contributed by atoms with Crippen LogP contribution in [-0.4, -0.2) is 18.1 Å². The summed E-state index contributed by atoms with van der Waals surface area (Å²) in [6.07, 6.45) is 5.80. The molecule has 3 heteroatoms. The van der Waals surface area contributed by atoms with Crippen LogP contribution in [0, 0.1) is 5.92 Å². The number of carbonyl (C=O) groups is 1. The fourth-order valence-corrected chi connectivity index (χ4v) is 2.28. The molecule has 0 spiro atoms. The van der Waals surface area contributed by atoms with Gasteiger partial charge in [-0.05, 0) is 32.1 Å². The van der Waals surface area contributed by atoms with E-state index in [2.05, 4.69) is 6.92 Å². The standard InChI is InChI=1S/C12H23NO2/c1-3-15-11(14)9-12(13)7-4-5-10(2)6-8-12/h10H,3-9,13H2,1-2H3. The highest BCUT2D eigenvalue weighted by atomic mass is 16.5. The first kappa shape index (κ1) is 12.5. The van der Waals surface area contributed by atoms with Crippen LogP contribution < -0.4 is 5.73 Å². The molecule has 1 rings (SSSR count). The molecule has 2 atom stereocenters. The number of hydrogen-bond acceptors (Lipinski definition) is 3. The summed E-state index contributed by atoms with van der Waals surface area (Å²) in [7, 11) is 0. The summed E-state index contributed by atoms with van der Waals surface area (Å²) in [5.41, 5.74) is 5.94. The van der Waals surface area contributed by atoms with Crippen LogP contribution in [0.15, 0.2) is 0 Å². The molecule has 0 aromatic rings. The lowest BCUT2D eigenvalue weighted by molar-refractivity contribution is -0.144. The smallest absolute Gasteiger partial charge is 0.307 e. The molecule has 88 valence electrons.